The average molecular weight is 375 g/mol. The smallest absolute Gasteiger partial charge is 0.263 e. The number of aromatic nitrogens is 2. The zero-order valence-electron chi connectivity index (χ0n) is 14.7. The number of likely N-dealkylation sites (tertiary alicyclic amines) is 1. The van der Waals surface area contributed by atoms with Crippen LogP contribution in [0.3, 0.4) is 0 Å². The summed E-state index contributed by atoms with van der Waals surface area (Å²) in [7, 11) is 3.61. The van der Waals surface area contributed by atoms with Crippen LogP contribution in [0.2, 0.25) is 0 Å². The van der Waals surface area contributed by atoms with Crippen LogP contribution in [0, 0.1) is 6.92 Å². The summed E-state index contributed by atoms with van der Waals surface area (Å²) in [5.74, 6) is 0.0902. The fraction of sp³-hybridized carbons (Fsp3) is 0.444. The summed E-state index contributed by atoms with van der Waals surface area (Å²) in [4.78, 5) is 24.2. The third-order valence-corrected chi connectivity index (χ3v) is 6.78. The van der Waals surface area contributed by atoms with E-state index in [1.54, 1.807) is 41.7 Å². The van der Waals surface area contributed by atoms with Gasteiger partial charge in [0.15, 0.2) is 4.96 Å². The fourth-order valence-corrected chi connectivity index (χ4v) is 5.51. The van der Waals surface area contributed by atoms with Crippen LogP contribution < -0.4 is 0 Å². The van der Waals surface area contributed by atoms with Crippen molar-refractivity contribution in [2.24, 2.45) is 0 Å². The van der Waals surface area contributed by atoms with Crippen molar-refractivity contribution < 1.29 is 4.79 Å². The summed E-state index contributed by atoms with van der Waals surface area (Å²) in [6.45, 7) is 4.10. The summed E-state index contributed by atoms with van der Waals surface area (Å²) in [6, 6.07) is 4.51. The van der Waals surface area contributed by atoms with Crippen LogP contribution in [0.5, 0.6) is 0 Å². The first-order valence-corrected chi connectivity index (χ1v) is 10.2. The molecule has 0 radical (unpaired) electrons. The lowest BCUT2D eigenvalue weighted by Crippen LogP contribution is -2.23. The molecule has 0 saturated carbocycles. The van der Waals surface area contributed by atoms with Crippen LogP contribution in [0.4, 0.5) is 0 Å². The molecule has 132 valence electrons. The van der Waals surface area contributed by atoms with Crippen LogP contribution in [0.15, 0.2) is 23.7 Å². The molecule has 4 rings (SSSR count). The number of nitrogens with zero attached hydrogens (tertiary/aromatic N) is 4. The normalized spacial score (nSPS) is 18.3. The Morgan fingerprint density at radius 2 is 2.24 bits per heavy atom. The monoisotopic (exact) mass is 374 g/mol. The fourth-order valence-electron chi connectivity index (χ4n) is 3.53. The van der Waals surface area contributed by atoms with E-state index in [1.165, 1.54) is 17.0 Å². The van der Waals surface area contributed by atoms with Crippen molar-refractivity contribution in [2.75, 3.05) is 20.6 Å². The molecule has 1 amide bonds. The minimum atomic E-state index is 0.0902. The van der Waals surface area contributed by atoms with Crippen LogP contribution >= 0.6 is 22.7 Å². The van der Waals surface area contributed by atoms with Gasteiger partial charge in [0, 0.05) is 43.1 Å². The minimum Gasteiger partial charge on any atom is -0.344 e. The van der Waals surface area contributed by atoms with Crippen LogP contribution in [0.1, 0.15) is 44.8 Å². The third-order valence-electron chi connectivity index (χ3n) is 4.85. The van der Waals surface area contributed by atoms with Crippen LogP contribution in [-0.2, 0) is 6.54 Å². The molecule has 3 aromatic heterocycles. The molecular weight excluding hydrogens is 352 g/mol. The zero-order chi connectivity index (χ0) is 17.6. The molecule has 1 fully saturated rings. The Balaban J connectivity index is 1.58. The number of imidazole rings is 1. The highest BCUT2D eigenvalue weighted by molar-refractivity contribution is 7.15. The average Bonchev–Trinajstić information content (AvgIpc) is 3.33. The van der Waals surface area contributed by atoms with Gasteiger partial charge in [-0.25, -0.2) is 4.98 Å². The standard InChI is InChI=1S/C18H22N4OS2/c1-12-14(22-9-10-24-18(22)19-12)11-21-8-4-5-13(21)15-6-7-16(25-15)17(23)20(2)3/h6-7,9-10,13H,4-5,8,11H2,1-3H3/t13-/m1/s1. The topological polar surface area (TPSA) is 40.9 Å². The van der Waals surface area contributed by atoms with Crippen molar-refractivity contribution >= 4 is 33.5 Å². The molecule has 4 heterocycles. The number of hydrogen-bond donors (Lipinski definition) is 0. The largest absolute Gasteiger partial charge is 0.344 e. The van der Waals surface area contributed by atoms with Gasteiger partial charge in [-0.2, -0.15) is 0 Å². The molecule has 0 N–H and O–H groups in total. The highest BCUT2D eigenvalue weighted by Gasteiger charge is 2.29. The van der Waals surface area contributed by atoms with Crippen LogP contribution in [-0.4, -0.2) is 45.7 Å². The maximum absolute atomic E-state index is 12.2. The summed E-state index contributed by atoms with van der Waals surface area (Å²) < 4.78 is 2.21. The van der Waals surface area contributed by atoms with Crippen molar-refractivity contribution in [1.29, 1.82) is 0 Å². The Morgan fingerprint density at radius 1 is 1.40 bits per heavy atom. The second-order valence-electron chi connectivity index (χ2n) is 6.73. The van der Waals surface area contributed by atoms with E-state index in [-0.39, 0.29) is 5.91 Å². The Kier molecular flexibility index (Phi) is 4.39. The van der Waals surface area contributed by atoms with E-state index in [0.717, 1.165) is 35.0 Å². The number of amides is 1. The molecule has 25 heavy (non-hydrogen) atoms. The number of carbonyl (C=O) groups is 1. The SMILES string of the molecule is Cc1nc2sccn2c1CN1CCC[C@@H]1c1ccc(C(=O)N(C)C)s1. The number of hydrogen-bond acceptors (Lipinski definition) is 5. The van der Waals surface area contributed by atoms with E-state index >= 15 is 0 Å². The van der Waals surface area contributed by atoms with Gasteiger partial charge in [-0.1, -0.05) is 0 Å². The molecule has 0 spiro atoms. The van der Waals surface area contributed by atoms with Gasteiger partial charge in [0.25, 0.3) is 5.91 Å². The summed E-state index contributed by atoms with van der Waals surface area (Å²) in [6.07, 6.45) is 4.46. The second kappa shape index (κ2) is 6.55. The Morgan fingerprint density at radius 3 is 3.04 bits per heavy atom. The first-order chi connectivity index (χ1) is 12.0. The highest BCUT2D eigenvalue weighted by Crippen LogP contribution is 2.37. The maximum Gasteiger partial charge on any atom is 0.263 e. The number of aryl methyl sites for hydroxylation is 1. The summed E-state index contributed by atoms with van der Waals surface area (Å²) >= 11 is 3.32. The lowest BCUT2D eigenvalue weighted by Gasteiger charge is -2.23. The van der Waals surface area contributed by atoms with Crippen molar-refractivity contribution in [3.05, 3.63) is 44.9 Å². The van der Waals surface area contributed by atoms with Crippen molar-refractivity contribution in [2.45, 2.75) is 32.4 Å². The van der Waals surface area contributed by atoms with E-state index in [0.29, 0.717) is 6.04 Å². The molecule has 1 aliphatic heterocycles. The summed E-state index contributed by atoms with van der Waals surface area (Å²) in [5.41, 5.74) is 2.40. The quantitative estimate of drug-likeness (QED) is 0.697. The van der Waals surface area contributed by atoms with Crippen molar-refractivity contribution in [1.82, 2.24) is 19.2 Å². The van der Waals surface area contributed by atoms with Gasteiger partial charge >= 0.3 is 0 Å². The predicted molar refractivity (Wildman–Crippen MR) is 103 cm³/mol. The molecule has 0 bridgehead atoms. The van der Waals surface area contributed by atoms with Crippen molar-refractivity contribution in [3.63, 3.8) is 0 Å². The molecule has 0 aromatic carbocycles. The van der Waals surface area contributed by atoms with Gasteiger partial charge in [-0.05, 0) is 38.4 Å². The van der Waals surface area contributed by atoms with E-state index in [2.05, 4.69) is 38.9 Å². The molecule has 1 saturated heterocycles. The lowest BCUT2D eigenvalue weighted by atomic mass is 10.2. The number of thiophene rings is 1. The number of thiazole rings is 1. The van der Waals surface area contributed by atoms with Gasteiger partial charge < -0.3 is 4.90 Å². The molecule has 5 nitrogen and oxygen atoms in total. The Labute approximate surface area is 155 Å². The van der Waals surface area contributed by atoms with Crippen molar-refractivity contribution in [3.8, 4) is 0 Å². The van der Waals surface area contributed by atoms with Gasteiger partial charge in [-0.15, -0.1) is 22.7 Å². The molecule has 3 aromatic rings. The zero-order valence-corrected chi connectivity index (χ0v) is 16.4. The van der Waals surface area contributed by atoms with E-state index < -0.39 is 0 Å². The third kappa shape index (κ3) is 3.01. The van der Waals surface area contributed by atoms with E-state index in [9.17, 15) is 4.79 Å². The lowest BCUT2D eigenvalue weighted by molar-refractivity contribution is 0.0832. The maximum atomic E-state index is 12.2. The second-order valence-corrected chi connectivity index (χ2v) is 8.72. The van der Waals surface area contributed by atoms with Crippen LogP contribution in [0.25, 0.3) is 4.96 Å². The molecular formula is C18H22N4OS2. The Bertz CT molecular complexity index is 907. The molecule has 0 aliphatic carbocycles. The first-order valence-electron chi connectivity index (χ1n) is 8.51. The molecule has 1 aliphatic rings. The Hall–Kier alpha value is -1.70. The van der Waals surface area contributed by atoms with Gasteiger partial charge in [-0.3, -0.25) is 14.1 Å². The first kappa shape index (κ1) is 16.8. The number of rotatable bonds is 4. The number of fused-ring (bicyclic) bond motifs is 1. The predicted octanol–water partition coefficient (Wildman–Crippen LogP) is 3.80. The summed E-state index contributed by atoms with van der Waals surface area (Å²) in [5, 5.41) is 2.09. The van der Waals surface area contributed by atoms with Gasteiger partial charge in [0.2, 0.25) is 0 Å². The van der Waals surface area contributed by atoms with Gasteiger partial charge in [0.1, 0.15) is 0 Å². The van der Waals surface area contributed by atoms with E-state index in [4.69, 9.17) is 0 Å². The highest BCUT2D eigenvalue weighted by atomic mass is 32.1. The molecule has 7 heteroatoms. The molecule has 0 unspecified atom stereocenters. The minimum absolute atomic E-state index is 0.0902. The van der Waals surface area contributed by atoms with Gasteiger partial charge in [0.05, 0.1) is 16.3 Å². The van der Waals surface area contributed by atoms with E-state index in [1.807, 2.05) is 6.07 Å². The number of carbonyl (C=O) groups excluding carboxylic acids is 1. The molecule has 1 atom stereocenters.